The number of hydrogen-bond donors (Lipinski definition) is 1. The van der Waals surface area contributed by atoms with Gasteiger partial charge in [-0.2, -0.15) is 0 Å². The van der Waals surface area contributed by atoms with Crippen LogP contribution in [0.1, 0.15) is 23.6 Å². The van der Waals surface area contributed by atoms with Gasteiger partial charge in [0.05, 0.1) is 6.54 Å². The van der Waals surface area contributed by atoms with Gasteiger partial charge in [0.25, 0.3) is 5.91 Å². The van der Waals surface area contributed by atoms with Crippen LogP contribution in [0.2, 0.25) is 0 Å². The highest BCUT2D eigenvalue weighted by molar-refractivity contribution is 5.96. The van der Waals surface area contributed by atoms with Crippen LogP contribution in [0.5, 0.6) is 11.5 Å². The number of anilines is 1. The summed E-state index contributed by atoms with van der Waals surface area (Å²) >= 11 is 0. The van der Waals surface area contributed by atoms with Crippen LogP contribution in [0.15, 0.2) is 36.4 Å². The number of nitrogens with zero attached hydrogens (tertiary/aromatic N) is 1. The fourth-order valence-corrected chi connectivity index (χ4v) is 3.46. The molecule has 28 heavy (non-hydrogen) atoms. The summed E-state index contributed by atoms with van der Waals surface area (Å²) in [5.41, 5.74) is 3.92. The van der Waals surface area contributed by atoms with Crippen LogP contribution < -0.4 is 14.8 Å². The van der Waals surface area contributed by atoms with E-state index in [1.54, 1.807) is 26.1 Å². The minimum atomic E-state index is -0.796. The number of para-hydroxylation sites is 2. The van der Waals surface area contributed by atoms with Crippen molar-refractivity contribution in [2.45, 2.75) is 39.9 Å². The molecule has 6 heteroatoms. The molecule has 0 fully saturated rings. The van der Waals surface area contributed by atoms with Crippen molar-refractivity contribution in [1.82, 2.24) is 4.90 Å². The molecule has 0 aliphatic carbocycles. The Hall–Kier alpha value is -3.02. The first kappa shape index (κ1) is 19.7. The molecule has 0 bridgehead atoms. The van der Waals surface area contributed by atoms with Crippen molar-refractivity contribution < 1.29 is 19.1 Å². The maximum absolute atomic E-state index is 12.8. The topological polar surface area (TPSA) is 67.9 Å². The minimum absolute atomic E-state index is 0.0696. The average molecular weight is 382 g/mol. The fourth-order valence-electron chi connectivity index (χ4n) is 3.46. The highest BCUT2D eigenvalue weighted by atomic mass is 16.6. The zero-order valence-electron chi connectivity index (χ0n) is 16.9. The molecular formula is C22H26N2O4. The number of fused-ring (bicyclic) bond motifs is 1. The van der Waals surface area contributed by atoms with Crippen LogP contribution in [-0.4, -0.2) is 42.5 Å². The lowest BCUT2D eigenvalue weighted by Crippen LogP contribution is -2.51. The second-order valence-electron chi connectivity index (χ2n) is 7.32. The quantitative estimate of drug-likeness (QED) is 0.882. The SMILES string of the molecule is Cc1cc(C)c(NC(=O)CN(C)C(=O)[C@H]2Oc3ccccc3O[C@@H]2C)c(C)c1. The summed E-state index contributed by atoms with van der Waals surface area (Å²) in [7, 11) is 1.59. The third kappa shape index (κ3) is 4.11. The zero-order valence-corrected chi connectivity index (χ0v) is 16.9. The molecule has 1 heterocycles. The average Bonchev–Trinajstić information content (AvgIpc) is 2.63. The van der Waals surface area contributed by atoms with Gasteiger partial charge in [-0.1, -0.05) is 29.8 Å². The van der Waals surface area contributed by atoms with Gasteiger partial charge in [-0.15, -0.1) is 0 Å². The summed E-state index contributed by atoms with van der Waals surface area (Å²) < 4.78 is 11.6. The van der Waals surface area contributed by atoms with Crippen molar-refractivity contribution in [1.29, 1.82) is 0 Å². The van der Waals surface area contributed by atoms with Crippen LogP contribution in [0.25, 0.3) is 0 Å². The first-order valence-corrected chi connectivity index (χ1v) is 9.31. The van der Waals surface area contributed by atoms with E-state index < -0.39 is 12.2 Å². The Balaban J connectivity index is 1.65. The highest BCUT2D eigenvalue weighted by Crippen LogP contribution is 2.33. The summed E-state index contributed by atoms with van der Waals surface area (Å²) in [6, 6.07) is 11.3. The van der Waals surface area contributed by atoms with Crippen LogP contribution in [0, 0.1) is 20.8 Å². The number of nitrogens with one attached hydrogen (secondary N) is 1. The van der Waals surface area contributed by atoms with Crippen LogP contribution in [0.4, 0.5) is 5.69 Å². The Morgan fingerprint density at radius 3 is 2.21 bits per heavy atom. The molecular weight excluding hydrogens is 356 g/mol. The van der Waals surface area contributed by atoms with Gasteiger partial charge in [-0.25, -0.2) is 0 Å². The molecule has 2 amide bonds. The van der Waals surface area contributed by atoms with Crippen molar-refractivity contribution in [3.8, 4) is 11.5 Å². The van der Waals surface area contributed by atoms with E-state index in [1.165, 1.54) is 4.90 Å². The second kappa shape index (κ2) is 7.92. The minimum Gasteiger partial charge on any atom is -0.482 e. The maximum atomic E-state index is 12.8. The number of amides is 2. The molecule has 0 spiro atoms. The molecule has 0 unspecified atom stereocenters. The summed E-state index contributed by atoms with van der Waals surface area (Å²) in [5.74, 6) is 0.595. The lowest BCUT2D eigenvalue weighted by Gasteiger charge is -2.33. The van der Waals surface area contributed by atoms with Gasteiger partial charge in [0.15, 0.2) is 11.5 Å². The molecule has 0 radical (unpaired) electrons. The Kier molecular flexibility index (Phi) is 5.58. The first-order valence-electron chi connectivity index (χ1n) is 9.31. The molecule has 2 aromatic rings. The number of aryl methyl sites for hydroxylation is 3. The van der Waals surface area contributed by atoms with E-state index in [9.17, 15) is 9.59 Å². The number of carbonyl (C=O) groups excluding carboxylic acids is 2. The number of ether oxygens (including phenoxy) is 2. The van der Waals surface area contributed by atoms with Crippen LogP contribution >= 0.6 is 0 Å². The van der Waals surface area contributed by atoms with Gasteiger partial charge in [0.1, 0.15) is 6.10 Å². The van der Waals surface area contributed by atoms with Gasteiger partial charge in [-0.3, -0.25) is 9.59 Å². The summed E-state index contributed by atoms with van der Waals surface area (Å²) in [4.78, 5) is 26.7. The summed E-state index contributed by atoms with van der Waals surface area (Å²) in [5, 5.41) is 2.92. The van der Waals surface area contributed by atoms with Crippen molar-refractivity contribution in [3.05, 3.63) is 53.1 Å². The van der Waals surface area contributed by atoms with E-state index in [2.05, 4.69) is 5.32 Å². The third-order valence-electron chi connectivity index (χ3n) is 4.78. The van der Waals surface area contributed by atoms with Crippen molar-refractivity contribution in [3.63, 3.8) is 0 Å². The third-order valence-corrected chi connectivity index (χ3v) is 4.78. The number of rotatable bonds is 4. The molecule has 2 aromatic carbocycles. The van der Waals surface area contributed by atoms with Gasteiger partial charge >= 0.3 is 0 Å². The fraction of sp³-hybridized carbons (Fsp3) is 0.364. The van der Waals surface area contributed by atoms with Gasteiger partial charge < -0.3 is 19.7 Å². The van der Waals surface area contributed by atoms with Crippen molar-refractivity contribution in [2.75, 3.05) is 18.9 Å². The molecule has 6 nitrogen and oxygen atoms in total. The van der Waals surface area contributed by atoms with Crippen LogP contribution in [-0.2, 0) is 9.59 Å². The Bertz CT molecular complexity index is 886. The number of benzene rings is 2. The highest BCUT2D eigenvalue weighted by Gasteiger charge is 2.36. The normalized spacial score (nSPS) is 17.8. The zero-order chi connectivity index (χ0) is 20.4. The monoisotopic (exact) mass is 382 g/mol. The van der Waals surface area contributed by atoms with E-state index in [1.807, 2.05) is 45.0 Å². The first-order chi connectivity index (χ1) is 13.3. The number of carbonyl (C=O) groups is 2. The number of hydrogen-bond acceptors (Lipinski definition) is 4. The van der Waals surface area contributed by atoms with Crippen molar-refractivity contribution in [2.24, 2.45) is 0 Å². The molecule has 1 aliphatic rings. The van der Waals surface area contributed by atoms with Gasteiger partial charge in [0.2, 0.25) is 12.0 Å². The van der Waals surface area contributed by atoms with Crippen LogP contribution in [0.3, 0.4) is 0 Å². The Labute approximate surface area is 165 Å². The Morgan fingerprint density at radius 2 is 1.61 bits per heavy atom. The molecule has 148 valence electrons. The van der Waals surface area contributed by atoms with E-state index in [4.69, 9.17) is 9.47 Å². The molecule has 1 N–H and O–H groups in total. The molecule has 0 aromatic heterocycles. The largest absolute Gasteiger partial charge is 0.482 e. The number of likely N-dealkylation sites (N-methyl/N-ethyl adjacent to an activating group) is 1. The maximum Gasteiger partial charge on any atom is 0.267 e. The van der Waals surface area contributed by atoms with Gasteiger partial charge in [-0.05, 0) is 51.0 Å². The predicted molar refractivity (Wildman–Crippen MR) is 108 cm³/mol. The lowest BCUT2D eigenvalue weighted by molar-refractivity contribution is -0.144. The summed E-state index contributed by atoms with van der Waals surface area (Å²) in [6.45, 7) is 7.64. The van der Waals surface area contributed by atoms with Gasteiger partial charge in [0, 0.05) is 12.7 Å². The molecule has 3 rings (SSSR count). The van der Waals surface area contributed by atoms with E-state index in [-0.39, 0.29) is 18.4 Å². The smallest absolute Gasteiger partial charge is 0.267 e. The Morgan fingerprint density at radius 1 is 1.04 bits per heavy atom. The van der Waals surface area contributed by atoms with E-state index in [0.717, 1.165) is 22.4 Å². The van der Waals surface area contributed by atoms with Crippen molar-refractivity contribution >= 4 is 17.5 Å². The molecule has 1 aliphatic heterocycles. The predicted octanol–water partition coefficient (Wildman–Crippen LogP) is 3.24. The van der Waals surface area contributed by atoms with E-state index in [0.29, 0.717) is 11.5 Å². The lowest BCUT2D eigenvalue weighted by atomic mass is 10.1. The summed E-state index contributed by atoms with van der Waals surface area (Å²) in [6.07, 6.45) is -1.25. The standard InChI is InChI=1S/C22H26N2O4/c1-13-10-14(2)20(15(3)11-13)23-19(25)12-24(5)22(26)21-16(4)27-17-8-6-7-9-18(17)28-21/h6-11,16,21H,12H2,1-5H3,(H,23,25)/t16-,21+/m1/s1. The molecule has 2 atom stereocenters. The van der Waals surface area contributed by atoms with E-state index >= 15 is 0 Å². The molecule has 0 saturated heterocycles. The molecule has 0 saturated carbocycles. The second-order valence-corrected chi connectivity index (χ2v) is 7.32.